The Hall–Kier alpha value is -1.22. The number of hydrogen-bond donors (Lipinski definition) is 0. The van der Waals surface area contributed by atoms with Crippen molar-refractivity contribution < 1.29 is 9.59 Å². The van der Waals surface area contributed by atoms with Gasteiger partial charge in [-0.1, -0.05) is 34.1 Å². The average Bonchev–Trinajstić information content (AvgIpc) is 2.67. The van der Waals surface area contributed by atoms with Gasteiger partial charge in [0.2, 0.25) is 0 Å². The van der Waals surface area contributed by atoms with Crippen molar-refractivity contribution >= 4 is 27.5 Å². The molecule has 0 bridgehead atoms. The molecule has 0 heterocycles. The molecule has 3 heteroatoms. The summed E-state index contributed by atoms with van der Waals surface area (Å²) in [5, 5.41) is 0. The molecular formula is C15H13BrO2. The van der Waals surface area contributed by atoms with E-state index in [-0.39, 0.29) is 29.3 Å². The normalized spacial score (nSPS) is 30.6. The van der Waals surface area contributed by atoms with Crippen LogP contribution in [0.4, 0.5) is 0 Å². The van der Waals surface area contributed by atoms with Gasteiger partial charge in [-0.2, -0.15) is 0 Å². The van der Waals surface area contributed by atoms with E-state index in [0.717, 1.165) is 4.47 Å². The second-order valence-corrected chi connectivity index (χ2v) is 5.96. The molecular weight excluding hydrogens is 292 g/mol. The van der Waals surface area contributed by atoms with Crippen molar-refractivity contribution in [1.82, 2.24) is 0 Å². The van der Waals surface area contributed by atoms with E-state index >= 15 is 0 Å². The largest absolute Gasteiger partial charge is 0.299 e. The fourth-order valence-corrected chi connectivity index (χ4v) is 3.51. The Labute approximate surface area is 114 Å². The Morgan fingerprint density at radius 2 is 1.94 bits per heavy atom. The molecule has 92 valence electrons. The standard InChI is InChI=1S/C15H13BrO2/c16-10-3-1-2-9(6-10)13-8-15(18)14-7-11(17)4-5-12(13)14/h1-6,12-14H,7-8H2/t12-,13-,14-/m1/s1. The predicted molar refractivity (Wildman–Crippen MR) is 72.3 cm³/mol. The molecule has 0 saturated heterocycles. The molecule has 1 saturated carbocycles. The van der Waals surface area contributed by atoms with Crippen molar-refractivity contribution in [2.24, 2.45) is 11.8 Å². The molecule has 1 aromatic rings. The first-order chi connectivity index (χ1) is 8.65. The number of ketones is 2. The van der Waals surface area contributed by atoms with Crippen LogP contribution in [0, 0.1) is 11.8 Å². The number of carbonyl (C=O) groups is 2. The van der Waals surface area contributed by atoms with Gasteiger partial charge in [0.15, 0.2) is 5.78 Å². The maximum absolute atomic E-state index is 12.0. The van der Waals surface area contributed by atoms with Gasteiger partial charge < -0.3 is 0 Å². The van der Waals surface area contributed by atoms with E-state index in [4.69, 9.17) is 0 Å². The summed E-state index contributed by atoms with van der Waals surface area (Å²) in [6.45, 7) is 0. The molecule has 1 aromatic carbocycles. The number of Topliss-reactive ketones (excluding diaryl/α,β-unsaturated/α-hetero) is 1. The van der Waals surface area contributed by atoms with E-state index in [1.165, 1.54) is 5.56 Å². The summed E-state index contributed by atoms with van der Waals surface area (Å²) in [4.78, 5) is 23.4. The van der Waals surface area contributed by atoms with Crippen molar-refractivity contribution in [3.05, 3.63) is 46.5 Å². The third-order valence-electron chi connectivity index (χ3n) is 3.97. The van der Waals surface area contributed by atoms with Crippen LogP contribution < -0.4 is 0 Å². The maximum atomic E-state index is 12.0. The van der Waals surface area contributed by atoms with Crippen LogP contribution in [0.5, 0.6) is 0 Å². The highest BCUT2D eigenvalue weighted by Gasteiger charge is 2.43. The highest BCUT2D eigenvalue weighted by atomic mass is 79.9. The second-order valence-electron chi connectivity index (χ2n) is 5.05. The van der Waals surface area contributed by atoms with E-state index in [0.29, 0.717) is 12.8 Å². The van der Waals surface area contributed by atoms with Crippen molar-refractivity contribution in [2.75, 3.05) is 0 Å². The molecule has 0 radical (unpaired) electrons. The van der Waals surface area contributed by atoms with Gasteiger partial charge in [-0.05, 0) is 35.6 Å². The van der Waals surface area contributed by atoms with E-state index in [9.17, 15) is 9.59 Å². The number of hydrogen-bond acceptors (Lipinski definition) is 2. The summed E-state index contributed by atoms with van der Waals surface area (Å²) >= 11 is 3.46. The van der Waals surface area contributed by atoms with Gasteiger partial charge >= 0.3 is 0 Å². The van der Waals surface area contributed by atoms with Gasteiger partial charge in [0.25, 0.3) is 0 Å². The molecule has 0 aliphatic heterocycles. The minimum Gasteiger partial charge on any atom is -0.299 e. The smallest absolute Gasteiger partial charge is 0.156 e. The molecule has 2 aliphatic carbocycles. The van der Waals surface area contributed by atoms with Crippen molar-refractivity contribution in [2.45, 2.75) is 18.8 Å². The lowest BCUT2D eigenvalue weighted by Gasteiger charge is -2.23. The number of allylic oxidation sites excluding steroid dienone is 2. The molecule has 2 aliphatic rings. The fraction of sp³-hybridized carbons (Fsp3) is 0.333. The molecule has 3 rings (SSSR count). The van der Waals surface area contributed by atoms with Crippen LogP contribution >= 0.6 is 15.9 Å². The van der Waals surface area contributed by atoms with Crippen LogP contribution in [-0.4, -0.2) is 11.6 Å². The molecule has 0 N–H and O–H groups in total. The molecule has 0 spiro atoms. The maximum Gasteiger partial charge on any atom is 0.156 e. The number of carbonyl (C=O) groups excluding carboxylic acids is 2. The first-order valence-corrected chi connectivity index (χ1v) is 6.93. The zero-order valence-electron chi connectivity index (χ0n) is 9.80. The van der Waals surface area contributed by atoms with Gasteiger partial charge in [0.05, 0.1) is 0 Å². The quantitative estimate of drug-likeness (QED) is 0.798. The summed E-state index contributed by atoms with van der Waals surface area (Å²) in [7, 11) is 0. The summed E-state index contributed by atoms with van der Waals surface area (Å²) in [5.74, 6) is 0.655. The van der Waals surface area contributed by atoms with Crippen LogP contribution in [0.25, 0.3) is 0 Å². The van der Waals surface area contributed by atoms with Crippen LogP contribution in [0.15, 0.2) is 40.9 Å². The van der Waals surface area contributed by atoms with E-state index in [1.807, 2.05) is 18.2 Å². The lowest BCUT2D eigenvalue weighted by molar-refractivity contribution is -0.125. The lowest BCUT2D eigenvalue weighted by atomic mass is 9.79. The summed E-state index contributed by atoms with van der Waals surface area (Å²) in [6, 6.07) is 8.12. The third kappa shape index (κ3) is 1.97. The van der Waals surface area contributed by atoms with Crippen molar-refractivity contribution in [3.8, 4) is 0 Å². The number of halogens is 1. The molecule has 0 aromatic heterocycles. The van der Waals surface area contributed by atoms with Crippen molar-refractivity contribution in [3.63, 3.8) is 0 Å². The topological polar surface area (TPSA) is 34.1 Å². The number of benzene rings is 1. The predicted octanol–water partition coefficient (Wildman–Crippen LogP) is 3.27. The Morgan fingerprint density at radius 1 is 1.11 bits per heavy atom. The summed E-state index contributed by atoms with van der Waals surface area (Å²) in [5.41, 5.74) is 1.18. The number of fused-ring (bicyclic) bond motifs is 1. The SMILES string of the molecule is O=C1C=C[C@@H]2[C@@H](c3cccc(Br)c3)CC(=O)[C@@H]2C1. The van der Waals surface area contributed by atoms with E-state index in [2.05, 4.69) is 28.1 Å². The third-order valence-corrected chi connectivity index (χ3v) is 4.46. The Bertz CT molecular complexity index is 547. The first kappa shape index (κ1) is 11.8. The molecule has 18 heavy (non-hydrogen) atoms. The van der Waals surface area contributed by atoms with Gasteiger partial charge in [0, 0.05) is 23.2 Å². The fourth-order valence-electron chi connectivity index (χ4n) is 3.10. The van der Waals surface area contributed by atoms with E-state index < -0.39 is 0 Å². The van der Waals surface area contributed by atoms with Crippen LogP contribution in [0.3, 0.4) is 0 Å². The van der Waals surface area contributed by atoms with Crippen LogP contribution in [0.2, 0.25) is 0 Å². The van der Waals surface area contributed by atoms with Crippen LogP contribution in [-0.2, 0) is 9.59 Å². The van der Waals surface area contributed by atoms with Crippen LogP contribution in [0.1, 0.15) is 24.3 Å². The summed E-state index contributed by atoms with van der Waals surface area (Å²) in [6.07, 6.45) is 4.53. The highest BCUT2D eigenvalue weighted by Crippen LogP contribution is 2.45. The molecule has 0 amide bonds. The monoisotopic (exact) mass is 304 g/mol. The zero-order valence-corrected chi connectivity index (χ0v) is 11.4. The Balaban J connectivity index is 1.97. The Kier molecular flexibility index (Phi) is 2.94. The molecule has 0 unspecified atom stereocenters. The van der Waals surface area contributed by atoms with Crippen molar-refractivity contribution in [1.29, 1.82) is 0 Å². The van der Waals surface area contributed by atoms with Gasteiger partial charge in [-0.3, -0.25) is 9.59 Å². The minimum absolute atomic E-state index is 0.0829. The average molecular weight is 305 g/mol. The van der Waals surface area contributed by atoms with Gasteiger partial charge in [0.1, 0.15) is 5.78 Å². The summed E-state index contributed by atoms with van der Waals surface area (Å²) < 4.78 is 1.03. The number of rotatable bonds is 1. The minimum atomic E-state index is -0.0912. The van der Waals surface area contributed by atoms with Gasteiger partial charge in [-0.15, -0.1) is 0 Å². The highest BCUT2D eigenvalue weighted by molar-refractivity contribution is 9.10. The molecule has 1 fully saturated rings. The lowest BCUT2D eigenvalue weighted by Crippen LogP contribution is -2.22. The first-order valence-electron chi connectivity index (χ1n) is 6.14. The Morgan fingerprint density at radius 3 is 2.72 bits per heavy atom. The molecule has 2 nitrogen and oxygen atoms in total. The van der Waals surface area contributed by atoms with E-state index in [1.54, 1.807) is 6.08 Å². The zero-order chi connectivity index (χ0) is 12.7. The molecule has 3 atom stereocenters. The second kappa shape index (κ2) is 4.47. The van der Waals surface area contributed by atoms with Gasteiger partial charge in [-0.25, -0.2) is 0 Å².